The zero-order chi connectivity index (χ0) is 14.4. The van der Waals surface area contributed by atoms with E-state index >= 15 is 0 Å². The van der Waals surface area contributed by atoms with Gasteiger partial charge in [-0.3, -0.25) is 4.98 Å². The van der Waals surface area contributed by atoms with E-state index in [4.69, 9.17) is 15.9 Å². The van der Waals surface area contributed by atoms with Gasteiger partial charge in [-0.15, -0.1) is 0 Å². The molecule has 4 N–H and O–H groups in total. The van der Waals surface area contributed by atoms with E-state index in [2.05, 4.69) is 29.2 Å². The molecule has 4 nitrogen and oxygen atoms in total. The van der Waals surface area contributed by atoms with Crippen LogP contribution in [-0.2, 0) is 6.42 Å². The number of anilines is 2. The summed E-state index contributed by atoms with van der Waals surface area (Å²) >= 11 is 0. The van der Waals surface area contributed by atoms with E-state index in [1.54, 1.807) is 6.20 Å². The minimum absolute atomic E-state index is 0.258. The highest BCUT2D eigenvalue weighted by Gasteiger charge is 2.21. The van der Waals surface area contributed by atoms with Gasteiger partial charge in [0.2, 0.25) is 5.88 Å². The summed E-state index contributed by atoms with van der Waals surface area (Å²) in [4.78, 5) is 4.24. The Labute approximate surface area is 122 Å². The van der Waals surface area contributed by atoms with Crippen molar-refractivity contribution in [3.8, 4) is 11.1 Å². The van der Waals surface area contributed by atoms with Gasteiger partial charge in [0.25, 0.3) is 0 Å². The van der Waals surface area contributed by atoms with Crippen LogP contribution in [0.25, 0.3) is 22.1 Å². The van der Waals surface area contributed by atoms with Crippen molar-refractivity contribution in [2.75, 3.05) is 11.5 Å². The highest BCUT2D eigenvalue weighted by Crippen LogP contribution is 2.38. The van der Waals surface area contributed by atoms with Crippen LogP contribution < -0.4 is 11.5 Å². The lowest BCUT2D eigenvalue weighted by Crippen LogP contribution is -1.92. The number of benzene rings is 1. The summed E-state index contributed by atoms with van der Waals surface area (Å²) in [5, 5.41) is 0.853. The van der Waals surface area contributed by atoms with Crippen molar-refractivity contribution in [3.63, 3.8) is 0 Å². The van der Waals surface area contributed by atoms with Gasteiger partial charge in [-0.25, -0.2) is 0 Å². The molecule has 0 radical (unpaired) electrons. The van der Waals surface area contributed by atoms with Gasteiger partial charge in [0.15, 0.2) is 5.58 Å². The van der Waals surface area contributed by atoms with Crippen LogP contribution in [0.3, 0.4) is 0 Å². The summed E-state index contributed by atoms with van der Waals surface area (Å²) in [5.41, 5.74) is 16.4. The lowest BCUT2D eigenvalue weighted by Gasteiger charge is -2.06. The summed E-state index contributed by atoms with van der Waals surface area (Å²) in [6, 6.07) is 8.57. The Hall–Kier alpha value is -2.49. The van der Waals surface area contributed by atoms with Crippen LogP contribution in [-0.4, -0.2) is 4.98 Å². The molecule has 2 heterocycles. The topological polar surface area (TPSA) is 78.1 Å². The van der Waals surface area contributed by atoms with Gasteiger partial charge in [-0.1, -0.05) is 24.3 Å². The molecule has 2 aromatic heterocycles. The largest absolute Gasteiger partial charge is 0.437 e. The third kappa shape index (κ3) is 2.13. The maximum absolute atomic E-state index is 6.06. The summed E-state index contributed by atoms with van der Waals surface area (Å²) < 4.78 is 5.46. The minimum Gasteiger partial charge on any atom is -0.437 e. The van der Waals surface area contributed by atoms with E-state index in [9.17, 15) is 0 Å². The zero-order valence-electron chi connectivity index (χ0n) is 11.7. The average Bonchev–Trinajstić information content (AvgIpc) is 3.25. The molecule has 0 atom stereocenters. The molecule has 4 rings (SSSR count). The number of nitrogens with zero attached hydrogens (tertiary/aromatic N) is 1. The molecule has 0 aliphatic heterocycles. The quantitative estimate of drug-likeness (QED) is 0.767. The van der Waals surface area contributed by atoms with Crippen LogP contribution in [0, 0.1) is 5.92 Å². The second-order valence-corrected chi connectivity index (χ2v) is 5.79. The Morgan fingerprint density at radius 2 is 2.05 bits per heavy atom. The number of nitrogens with two attached hydrogens (primary N) is 2. The van der Waals surface area contributed by atoms with Crippen molar-refractivity contribution in [2.24, 2.45) is 5.92 Å². The highest BCUT2D eigenvalue weighted by molar-refractivity contribution is 6.04. The lowest BCUT2D eigenvalue weighted by molar-refractivity contribution is 0.637. The second kappa shape index (κ2) is 4.52. The SMILES string of the molecule is Nc1oc2cncc(-c3cccc(CC4CC4)c3)c2c1N. The molecular weight excluding hydrogens is 262 g/mol. The number of pyridine rings is 1. The predicted molar refractivity (Wildman–Crippen MR) is 84.7 cm³/mol. The van der Waals surface area contributed by atoms with Gasteiger partial charge in [0.05, 0.1) is 11.6 Å². The van der Waals surface area contributed by atoms with Crippen LogP contribution in [0.4, 0.5) is 11.6 Å². The van der Waals surface area contributed by atoms with Gasteiger partial charge in [0, 0.05) is 11.8 Å². The standard InChI is InChI=1S/C17H17N3O/c18-16-15-13(8-20-9-14(15)21-17(16)19)12-3-1-2-11(7-12)6-10-4-5-10/h1-3,7-10H,4-6,18-19H2. The monoisotopic (exact) mass is 279 g/mol. The number of furan rings is 1. The molecule has 0 unspecified atom stereocenters. The summed E-state index contributed by atoms with van der Waals surface area (Å²) in [6.07, 6.45) is 7.34. The molecule has 0 bridgehead atoms. The Morgan fingerprint density at radius 1 is 1.19 bits per heavy atom. The average molecular weight is 279 g/mol. The third-order valence-corrected chi connectivity index (χ3v) is 4.13. The fraction of sp³-hybridized carbons (Fsp3) is 0.235. The van der Waals surface area contributed by atoms with Crippen LogP contribution in [0.15, 0.2) is 41.1 Å². The number of nitrogen functional groups attached to an aromatic ring is 2. The number of hydrogen-bond donors (Lipinski definition) is 2. The maximum atomic E-state index is 6.06. The van der Waals surface area contributed by atoms with Crippen molar-refractivity contribution in [3.05, 3.63) is 42.2 Å². The fourth-order valence-electron chi connectivity index (χ4n) is 2.83. The molecule has 0 spiro atoms. The van der Waals surface area contributed by atoms with Gasteiger partial charge in [-0.2, -0.15) is 0 Å². The predicted octanol–water partition coefficient (Wildman–Crippen LogP) is 3.61. The van der Waals surface area contributed by atoms with Gasteiger partial charge in [-0.05, 0) is 36.3 Å². The first kappa shape index (κ1) is 12.3. The molecule has 0 saturated heterocycles. The van der Waals surface area contributed by atoms with E-state index in [0.717, 1.165) is 28.9 Å². The molecule has 1 aliphatic carbocycles. The summed E-state index contributed by atoms with van der Waals surface area (Å²) in [7, 11) is 0. The Morgan fingerprint density at radius 3 is 2.86 bits per heavy atom. The first-order chi connectivity index (χ1) is 10.2. The van der Waals surface area contributed by atoms with Crippen molar-refractivity contribution in [1.29, 1.82) is 0 Å². The van der Waals surface area contributed by atoms with E-state index in [0.29, 0.717) is 11.3 Å². The number of rotatable bonds is 3. The lowest BCUT2D eigenvalue weighted by atomic mass is 9.99. The number of aromatic nitrogens is 1. The Balaban J connectivity index is 1.85. The fourth-order valence-corrected chi connectivity index (χ4v) is 2.83. The Bertz CT molecular complexity index is 818. The maximum Gasteiger partial charge on any atom is 0.214 e. The highest BCUT2D eigenvalue weighted by atomic mass is 16.3. The van der Waals surface area contributed by atoms with Gasteiger partial charge in [0.1, 0.15) is 5.69 Å². The van der Waals surface area contributed by atoms with Crippen molar-refractivity contribution in [2.45, 2.75) is 19.3 Å². The smallest absolute Gasteiger partial charge is 0.214 e. The van der Waals surface area contributed by atoms with Crippen LogP contribution in [0.5, 0.6) is 0 Å². The third-order valence-electron chi connectivity index (χ3n) is 4.13. The Kier molecular flexibility index (Phi) is 2.64. The minimum atomic E-state index is 0.258. The van der Waals surface area contributed by atoms with E-state index in [1.165, 1.54) is 18.4 Å². The van der Waals surface area contributed by atoms with Gasteiger partial charge < -0.3 is 15.9 Å². The van der Waals surface area contributed by atoms with Crippen molar-refractivity contribution in [1.82, 2.24) is 4.98 Å². The molecule has 1 fully saturated rings. The van der Waals surface area contributed by atoms with Crippen LogP contribution in [0.1, 0.15) is 18.4 Å². The molecule has 106 valence electrons. The molecule has 1 saturated carbocycles. The molecular formula is C17H17N3O. The van der Waals surface area contributed by atoms with Crippen molar-refractivity contribution < 1.29 is 4.42 Å². The first-order valence-corrected chi connectivity index (χ1v) is 7.23. The molecule has 21 heavy (non-hydrogen) atoms. The number of hydrogen-bond acceptors (Lipinski definition) is 4. The van der Waals surface area contributed by atoms with E-state index < -0.39 is 0 Å². The van der Waals surface area contributed by atoms with E-state index in [1.807, 2.05) is 6.20 Å². The van der Waals surface area contributed by atoms with Crippen LogP contribution in [0.2, 0.25) is 0 Å². The molecule has 1 aliphatic rings. The van der Waals surface area contributed by atoms with Crippen molar-refractivity contribution >= 4 is 22.5 Å². The number of fused-ring (bicyclic) bond motifs is 1. The molecule has 0 amide bonds. The first-order valence-electron chi connectivity index (χ1n) is 7.23. The zero-order valence-corrected chi connectivity index (χ0v) is 11.7. The normalized spacial score (nSPS) is 14.7. The van der Waals surface area contributed by atoms with Crippen LogP contribution >= 0.6 is 0 Å². The summed E-state index contributed by atoms with van der Waals surface area (Å²) in [5.74, 6) is 1.12. The van der Waals surface area contributed by atoms with Gasteiger partial charge >= 0.3 is 0 Å². The van der Waals surface area contributed by atoms with E-state index in [-0.39, 0.29) is 5.88 Å². The second-order valence-electron chi connectivity index (χ2n) is 5.79. The summed E-state index contributed by atoms with van der Waals surface area (Å²) in [6.45, 7) is 0. The molecule has 3 aromatic rings. The molecule has 1 aromatic carbocycles. The molecule has 4 heteroatoms.